The van der Waals surface area contributed by atoms with E-state index in [1.165, 1.54) is 0 Å². The van der Waals surface area contributed by atoms with Crippen LogP contribution in [0, 0.1) is 12.8 Å². The van der Waals surface area contributed by atoms with Crippen molar-refractivity contribution >= 4 is 12.0 Å². The Kier molecular flexibility index (Phi) is 4.61. The van der Waals surface area contributed by atoms with E-state index in [2.05, 4.69) is 29.2 Å². The number of imidazole rings is 1. The summed E-state index contributed by atoms with van der Waals surface area (Å²) in [6, 6.07) is 0. The maximum Gasteiger partial charge on any atom is 0.407 e. The molecule has 3 aliphatic rings. The molecule has 1 aromatic rings. The lowest BCUT2D eigenvalue weighted by Gasteiger charge is -2.38. The molecule has 4 rings (SSSR count). The van der Waals surface area contributed by atoms with Crippen LogP contribution in [0.3, 0.4) is 0 Å². The van der Waals surface area contributed by atoms with Crippen molar-refractivity contribution in [2.24, 2.45) is 5.92 Å². The molecule has 2 N–H and O–H groups in total. The van der Waals surface area contributed by atoms with Crippen LogP contribution in [0.2, 0.25) is 0 Å². The van der Waals surface area contributed by atoms with Gasteiger partial charge in [0.25, 0.3) is 0 Å². The van der Waals surface area contributed by atoms with Gasteiger partial charge in [-0.1, -0.05) is 6.92 Å². The Balaban J connectivity index is 1.47. The van der Waals surface area contributed by atoms with E-state index in [0.717, 1.165) is 36.7 Å². The van der Waals surface area contributed by atoms with Crippen molar-refractivity contribution in [3.8, 4) is 0 Å². The number of hydrogen-bond acceptors (Lipinski definition) is 5. The highest BCUT2D eigenvalue weighted by molar-refractivity contribution is 5.81. The van der Waals surface area contributed by atoms with Crippen LogP contribution in [0.15, 0.2) is 0 Å². The first-order chi connectivity index (χ1) is 12.9. The smallest absolute Gasteiger partial charge is 0.407 e. The standard InChI is InChI=1S/C19H29N5O3/c1-4-15-21-12(2)16(22-15)13-9-23(3)10-14(13)17(25)24-7-5-19(6-8-24)11-20-18(26)27-19/h13-14H,4-11H2,1-3H3,(H,20,26)(H,21,22)/t13-,14-/m0/s1. The molecular formula is C19H29N5O3. The second-order valence-corrected chi connectivity index (χ2v) is 8.23. The molecule has 8 nitrogen and oxygen atoms in total. The van der Waals surface area contributed by atoms with Crippen LogP contribution in [0.4, 0.5) is 4.79 Å². The fourth-order valence-electron chi connectivity index (χ4n) is 4.74. The van der Waals surface area contributed by atoms with Crippen LogP contribution in [0.5, 0.6) is 0 Å². The fourth-order valence-corrected chi connectivity index (χ4v) is 4.74. The highest BCUT2D eigenvalue weighted by Crippen LogP contribution is 2.36. The van der Waals surface area contributed by atoms with Crippen molar-refractivity contribution in [2.75, 3.05) is 39.8 Å². The van der Waals surface area contributed by atoms with Crippen LogP contribution in [0.1, 0.15) is 42.9 Å². The van der Waals surface area contributed by atoms with E-state index >= 15 is 0 Å². The maximum atomic E-state index is 13.3. The van der Waals surface area contributed by atoms with Gasteiger partial charge in [-0.05, 0) is 14.0 Å². The second kappa shape index (κ2) is 6.82. The molecule has 1 spiro atoms. The second-order valence-electron chi connectivity index (χ2n) is 8.23. The average Bonchev–Trinajstić information content (AvgIpc) is 3.32. The van der Waals surface area contributed by atoms with Gasteiger partial charge in [-0.3, -0.25) is 4.79 Å². The summed E-state index contributed by atoms with van der Waals surface area (Å²) in [5, 5.41) is 2.74. The minimum atomic E-state index is -0.422. The third-order valence-electron chi connectivity index (χ3n) is 6.33. The van der Waals surface area contributed by atoms with Crippen molar-refractivity contribution < 1.29 is 14.3 Å². The number of amides is 2. The number of likely N-dealkylation sites (N-methyl/N-ethyl adjacent to an activating group) is 1. The van der Waals surface area contributed by atoms with Gasteiger partial charge in [0.15, 0.2) is 0 Å². The molecule has 2 atom stereocenters. The van der Waals surface area contributed by atoms with Gasteiger partial charge < -0.3 is 24.8 Å². The quantitative estimate of drug-likeness (QED) is 0.823. The number of alkyl carbamates (subject to hydrolysis) is 1. The largest absolute Gasteiger partial charge is 0.441 e. The van der Waals surface area contributed by atoms with Crippen LogP contribution in [0.25, 0.3) is 0 Å². The molecule has 0 aromatic carbocycles. The lowest BCUT2D eigenvalue weighted by molar-refractivity contribution is -0.138. The monoisotopic (exact) mass is 375 g/mol. The molecule has 3 saturated heterocycles. The third-order valence-corrected chi connectivity index (χ3v) is 6.33. The number of rotatable bonds is 3. The average molecular weight is 375 g/mol. The number of carbonyl (C=O) groups excluding carboxylic acids is 2. The van der Waals surface area contributed by atoms with Gasteiger partial charge in [0.1, 0.15) is 11.4 Å². The number of ether oxygens (including phenoxy) is 1. The van der Waals surface area contributed by atoms with E-state index in [9.17, 15) is 9.59 Å². The molecule has 4 heterocycles. The topological polar surface area (TPSA) is 90.6 Å². The van der Waals surface area contributed by atoms with E-state index in [0.29, 0.717) is 32.5 Å². The van der Waals surface area contributed by atoms with E-state index in [1.54, 1.807) is 0 Å². The van der Waals surface area contributed by atoms with Crippen molar-refractivity contribution in [3.63, 3.8) is 0 Å². The summed E-state index contributed by atoms with van der Waals surface area (Å²) in [6.07, 6.45) is 1.93. The van der Waals surface area contributed by atoms with Crippen LogP contribution < -0.4 is 5.32 Å². The summed E-state index contributed by atoms with van der Waals surface area (Å²) >= 11 is 0. The Labute approximate surface area is 159 Å². The number of piperidine rings is 1. The molecule has 3 aliphatic heterocycles. The molecule has 27 heavy (non-hydrogen) atoms. The first-order valence-corrected chi connectivity index (χ1v) is 9.90. The van der Waals surface area contributed by atoms with E-state index < -0.39 is 5.60 Å². The molecule has 3 fully saturated rings. The summed E-state index contributed by atoms with van der Waals surface area (Å²) in [5.74, 6) is 1.25. The Bertz CT molecular complexity index is 738. The highest BCUT2D eigenvalue weighted by Gasteiger charge is 2.46. The number of nitrogens with one attached hydrogen (secondary N) is 2. The van der Waals surface area contributed by atoms with Gasteiger partial charge in [0.05, 0.1) is 18.2 Å². The predicted molar refractivity (Wildman–Crippen MR) is 99.5 cm³/mol. The number of likely N-dealkylation sites (tertiary alicyclic amines) is 2. The van der Waals surface area contributed by atoms with E-state index in [-0.39, 0.29) is 23.8 Å². The summed E-state index contributed by atoms with van der Waals surface area (Å²) < 4.78 is 5.47. The minimum absolute atomic E-state index is 0.0694. The number of aromatic amines is 1. The zero-order valence-corrected chi connectivity index (χ0v) is 16.4. The lowest BCUT2D eigenvalue weighted by atomic mass is 9.87. The van der Waals surface area contributed by atoms with Gasteiger partial charge in [0.2, 0.25) is 5.91 Å². The number of aryl methyl sites for hydroxylation is 2. The normalized spacial score (nSPS) is 27.8. The first kappa shape index (κ1) is 18.3. The summed E-state index contributed by atoms with van der Waals surface area (Å²) in [6.45, 7) is 7.57. The molecule has 0 aliphatic carbocycles. The minimum Gasteiger partial charge on any atom is -0.441 e. The molecular weight excluding hydrogens is 346 g/mol. The molecule has 148 valence electrons. The molecule has 2 amide bonds. The van der Waals surface area contributed by atoms with E-state index in [4.69, 9.17) is 9.72 Å². The molecule has 8 heteroatoms. The predicted octanol–water partition coefficient (Wildman–Crippen LogP) is 1.03. The number of H-pyrrole nitrogens is 1. The Morgan fingerprint density at radius 2 is 2.07 bits per heavy atom. The number of aromatic nitrogens is 2. The SMILES string of the molecule is CCc1nc([C@H]2CN(C)C[C@@H]2C(=O)N2CCC3(CC2)CNC(=O)O3)c(C)[nH]1. The number of nitrogens with zero attached hydrogens (tertiary/aromatic N) is 3. The Hall–Kier alpha value is -2.09. The van der Waals surface area contributed by atoms with Crippen LogP contribution >= 0.6 is 0 Å². The maximum absolute atomic E-state index is 13.3. The third kappa shape index (κ3) is 3.31. The van der Waals surface area contributed by atoms with Gasteiger partial charge in [-0.15, -0.1) is 0 Å². The summed E-state index contributed by atoms with van der Waals surface area (Å²) in [5.41, 5.74) is 1.69. The summed E-state index contributed by atoms with van der Waals surface area (Å²) in [4.78, 5) is 37.0. The van der Waals surface area contributed by atoms with Crippen molar-refractivity contribution in [1.82, 2.24) is 25.1 Å². The Morgan fingerprint density at radius 3 is 2.67 bits per heavy atom. The van der Waals surface area contributed by atoms with Gasteiger partial charge >= 0.3 is 6.09 Å². The van der Waals surface area contributed by atoms with E-state index in [1.807, 2.05) is 11.8 Å². The highest BCUT2D eigenvalue weighted by atomic mass is 16.6. The molecule has 0 unspecified atom stereocenters. The van der Waals surface area contributed by atoms with Crippen molar-refractivity contribution in [2.45, 2.75) is 44.6 Å². The number of hydrogen-bond donors (Lipinski definition) is 2. The molecule has 0 radical (unpaired) electrons. The van der Waals surface area contributed by atoms with Gasteiger partial charge in [-0.25, -0.2) is 9.78 Å². The van der Waals surface area contributed by atoms with Gasteiger partial charge in [0, 0.05) is 57.1 Å². The zero-order valence-electron chi connectivity index (χ0n) is 16.4. The molecule has 1 aromatic heterocycles. The Morgan fingerprint density at radius 1 is 1.33 bits per heavy atom. The molecule has 0 bridgehead atoms. The van der Waals surface area contributed by atoms with Crippen LogP contribution in [-0.2, 0) is 16.0 Å². The van der Waals surface area contributed by atoms with Gasteiger partial charge in [-0.2, -0.15) is 0 Å². The summed E-state index contributed by atoms with van der Waals surface area (Å²) in [7, 11) is 2.07. The van der Waals surface area contributed by atoms with Crippen molar-refractivity contribution in [1.29, 1.82) is 0 Å². The zero-order chi connectivity index (χ0) is 19.2. The molecule has 0 saturated carbocycles. The fraction of sp³-hybridized carbons (Fsp3) is 0.737. The lowest BCUT2D eigenvalue weighted by Crippen LogP contribution is -2.50. The first-order valence-electron chi connectivity index (χ1n) is 9.90. The number of carbonyl (C=O) groups is 2. The van der Waals surface area contributed by atoms with Crippen LogP contribution in [-0.4, -0.2) is 77.1 Å². The van der Waals surface area contributed by atoms with Crippen molar-refractivity contribution in [3.05, 3.63) is 17.2 Å².